The largest absolute Gasteiger partial charge is 0.349 e. The molecule has 2 rings (SSSR count). The molecule has 0 saturated carbocycles. The zero-order valence-electron chi connectivity index (χ0n) is 18.0. The predicted octanol–water partition coefficient (Wildman–Crippen LogP) is 5.05. The number of hydrogen-bond donors (Lipinski definition) is 2. The van der Waals surface area contributed by atoms with Crippen LogP contribution in [-0.4, -0.2) is 23.0 Å². The number of rotatable bonds is 4. The van der Waals surface area contributed by atoms with Gasteiger partial charge in [0.25, 0.3) is 5.91 Å². The second-order valence-electron chi connectivity index (χ2n) is 9.71. The van der Waals surface area contributed by atoms with Gasteiger partial charge in [0.1, 0.15) is 0 Å². The molecular weight excluding hydrogens is 320 g/mol. The summed E-state index contributed by atoms with van der Waals surface area (Å²) >= 11 is 0. The van der Waals surface area contributed by atoms with Crippen LogP contribution in [0.5, 0.6) is 0 Å². The zero-order valence-corrected chi connectivity index (χ0v) is 18.0. The van der Waals surface area contributed by atoms with E-state index in [0.717, 1.165) is 24.8 Å². The van der Waals surface area contributed by atoms with Crippen molar-refractivity contribution >= 4 is 5.91 Å². The van der Waals surface area contributed by atoms with Gasteiger partial charge in [-0.05, 0) is 62.1 Å². The van der Waals surface area contributed by atoms with Crippen molar-refractivity contribution in [3.05, 3.63) is 35.4 Å². The van der Waals surface area contributed by atoms with Crippen LogP contribution in [-0.2, 0) is 5.41 Å². The first-order valence-electron chi connectivity index (χ1n) is 10.1. The molecule has 1 aliphatic heterocycles. The molecule has 0 aromatic heterocycles. The van der Waals surface area contributed by atoms with Gasteiger partial charge >= 0.3 is 0 Å². The van der Waals surface area contributed by atoms with E-state index >= 15 is 0 Å². The van der Waals surface area contributed by atoms with Gasteiger partial charge in [0.2, 0.25) is 0 Å². The maximum absolute atomic E-state index is 12.9. The number of hydrogen-bond acceptors (Lipinski definition) is 2. The van der Waals surface area contributed by atoms with Gasteiger partial charge in [0.15, 0.2) is 0 Å². The molecule has 0 spiro atoms. The highest BCUT2D eigenvalue weighted by molar-refractivity contribution is 5.94. The van der Waals surface area contributed by atoms with Crippen molar-refractivity contribution < 1.29 is 4.79 Å². The molecule has 2 N–H and O–H groups in total. The molecule has 1 fully saturated rings. The van der Waals surface area contributed by atoms with E-state index in [1.807, 2.05) is 12.1 Å². The standard InChI is InChI=1S/C23H38N2O/c1-9-22(7)15-19(16(3)23(8,10-2)25-22)24-20(26)17-11-13-18(14-12-17)21(4,5)6/h11-14,16,19,25H,9-10,15H2,1-8H3,(H,24,26). The molecule has 3 heteroatoms. The quantitative estimate of drug-likeness (QED) is 0.791. The summed E-state index contributed by atoms with van der Waals surface area (Å²) in [5, 5.41) is 7.21. The van der Waals surface area contributed by atoms with Crippen molar-refractivity contribution in [2.45, 2.75) is 97.2 Å². The lowest BCUT2D eigenvalue weighted by Gasteiger charge is -2.53. The van der Waals surface area contributed by atoms with Crippen molar-refractivity contribution in [1.82, 2.24) is 10.6 Å². The highest BCUT2D eigenvalue weighted by Gasteiger charge is 2.46. The third-order valence-corrected chi connectivity index (χ3v) is 6.71. The fourth-order valence-corrected chi connectivity index (χ4v) is 4.15. The molecule has 0 bridgehead atoms. The summed E-state index contributed by atoms with van der Waals surface area (Å²) in [5.74, 6) is 0.422. The van der Waals surface area contributed by atoms with Gasteiger partial charge < -0.3 is 10.6 Å². The molecule has 1 aromatic rings. The van der Waals surface area contributed by atoms with Gasteiger partial charge in [0.05, 0.1) is 0 Å². The number of carbonyl (C=O) groups excluding carboxylic acids is 1. The summed E-state index contributed by atoms with van der Waals surface area (Å²) in [5.41, 5.74) is 2.20. The Morgan fingerprint density at radius 2 is 1.73 bits per heavy atom. The van der Waals surface area contributed by atoms with E-state index in [1.165, 1.54) is 5.56 Å². The molecule has 1 amide bonds. The van der Waals surface area contributed by atoms with Crippen molar-refractivity contribution in [2.24, 2.45) is 5.92 Å². The Morgan fingerprint density at radius 1 is 1.15 bits per heavy atom. The van der Waals surface area contributed by atoms with Crippen LogP contribution in [0.4, 0.5) is 0 Å². The molecule has 4 atom stereocenters. The lowest BCUT2D eigenvalue weighted by molar-refractivity contribution is 0.0531. The SMILES string of the molecule is CCC1(C)CC(NC(=O)c2ccc(C(C)(C)C)cc2)C(C)C(C)(CC)N1. The Bertz CT molecular complexity index is 631. The topological polar surface area (TPSA) is 41.1 Å². The first-order chi connectivity index (χ1) is 11.9. The molecule has 26 heavy (non-hydrogen) atoms. The first kappa shape index (κ1) is 21.0. The van der Waals surface area contributed by atoms with Gasteiger partial charge in [-0.25, -0.2) is 0 Å². The number of nitrogens with one attached hydrogen (secondary N) is 2. The average Bonchev–Trinajstić information content (AvgIpc) is 2.58. The minimum absolute atomic E-state index is 0.0387. The Hall–Kier alpha value is -1.35. The number of amides is 1. The highest BCUT2D eigenvalue weighted by atomic mass is 16.1. The number of benzene rings is 1. The van der Waals surface area contributed by atoms with E-state index in [4.69, 9.17) is 0 Å². The molecule has 0 radical (unpaired) electrons. The third kappa shape index (κ3) is 4.31. The van der Waals surface area contributed by atoms with Gasteiger partial charge in [-0.2, -0.15) is 0 Å². The van der Waals surface area contributed by atoms with Gasteiger partial charge in [-0.15, -0.1) is 0 Å². The summed E-state index contributed by atoms with van der Waals surface area (Å²) < 4.78 is 0. The molecule has 1 aromatic carbocycles. The van der Waals surface area contributed by atoms with E-state index in [0.29, 0.717) is 5.92 Å². The minimum Gasteiger partial charge on any atom is -0.349 e. The van der Waals surface area contributed by atoms with Gasteiger partial charge in [-0.1, -0.05) is 53.7 Å². The number of carbonyl (C=O) groups is 1. The summed E-state index contributed by atoms with van der Waals surface area (Å²) in [7, 11) is 0. The van der Waals surface area contributed by atoms with Crippen LogP contribution in [0, 0.1) is 5.92 Å². The van der Waals surface area contributed by atoms with Gasteiger partial charge in [-0.3, -0.25) is 4.79 Å². The monoisotopic (exact) mass is 358 g/mol. The van der Waals surface area contributed by atoms with Crippen LogP contribution < -0.4 is 10.6 Å². The molecule has 1 saturated heterocycles. The summed E-state index contributed by atoms with van der Waals surface area (Å²) in [6.45, 7) is 17.9. The van der Waals surface area contributed by atoms with Gasteiger partial charge in [0, 0.05) is 22.7 Å². The minimum atomic E-state index is 0.0387. The maximum atomic E-state index is 12.9. The van der Waals surface area contributed by atoms with Crippen molar-refractivity contribution in [2.75, 3.05) is 0 Å². The highest BCUT2D eigenvalue weighted by Crippen LogP contribution is 2.37. The summed E-state index contributed by atoms with van der Waals surface area (Å²) in [4.78, 5) is 12.9. The van der Waals surface area contributed by atoms with E-state index in [9.17, 15) is 4.79 Å². The molecule has 146 valence electrons. The van der Waals surface area contributed by atoms with Crippen LogP contribution in [0.25, 0.3) is 0 Å². The Labute approximate surface area is 160 Å². The smallest absolute Gasteiger partial charge is 0.251 e. The summed E-state index contributed by atoms with van der Waals surface area (Å²) in [6, 6.07) is 8.25. The Kier molecular flexibility index (Phi) is 5.92. The van der Waals surface area contributed by atoms with Crippen molar-refractivity contribution in [1.29, 1.82) is 0 Å². The normalized spacial score (nSPS) is 32.3. The zero-order chi connectivity index (χ0) is 19.8. The second-order valence-corrected chi connectivity index (χ2v) is 9.71. The first-order valence-corrected chi connectivity index (χ1v) is 10.1. The Morgan fingerprint density at radius 3 is 2.19 bits per heavy atom. The summed E-state index contributed by atoms with van der Waals surface area (Å²) in [6.07, 6.45) is 3.07. The third-order valence-electron chi connectivity index (χ3n) is 6.71. The maximum Gasteiger partial charge on any atom is 0.251 e. The lowest BCUT2D eigenvalue weighted by atomic mass is 9.69. The second kappa shape index (κ2) is 7.34. The molecule has 4 unspecified atom stereocenters. The molecule has 0 aliphatic carbocycles. The van der Waals surface area contributed by atoms with E-state index in [-0.39, 0.29) is 28.4 Å². The molecule has 1 heterocycles. The van der Waals surface area contributed by atoms with Crippen LogP contribution in [0.1, 0.15) is 90.6 Å². The van der Waals surface area contributed by atoms with E-state index in [1.54, 1.807) is 0 Å². The Balaban J connectivity index is 2.18. The van der Waals surface area contributed by atoms with Crippen molar-refractivity contribution in [3.8, 4) is 0 Å². The fraction of sp³-hybridized carbons (Fsp3) is 0.696. The molecule has 3 nitrogen and oxygen atoms in total. The van der Waals surface area contributed by atoms with Crippen LogP contribution >= 0.6 is 0 Å². The van der Waals surface area contributed by atoms with Crippen LogP contribution in [0.2, 0.25) is 0 Å². The van der Waals surface area contributed by atoms with E-state index in [2.05, 4.69) is 78.2 Å². The van der Waals surface area contributed by atoms with Crippen LogP contribution in [0.3, 0.4) is 0 Å². The average molecular weight is 359 g/mol. The molecule has 1 aliphatic rings. The molecular formula is C23H38N2O. The van der Waals surface area contributed by atoms with E-state index < -0.39 is 0 Å². The number of piperidine rings is 1. The predicted molar refractivity (Wildman–Crippen MR) is 111 cm³/mol. The van der Waals surface area contributed by atoms with Crippen molar-refractivity contribution in [3.63, 3.8) is 0 Å². The fourth-order valence-electron chi connectivity index (χ4n) is 4.15. The van der Waals surface area contributed by atoms with Crippen LogP contribution in [0.15, 0.2) is 24.3 Å². The lowest BCUT2D eigenvalue weighted by Crippen LogP contribution is -2.68.